The number of sulfonamides is 1. The van der Waals surface area contributed by atoms with E-state index in [4.69, 9.17) is 5.73 Å². The van der Waals surface area contributed by atoms with Crippen LogP contribution < -0.4 is 5.73 Å². The van der Waals surface area contributed by atoms with E-state index in [1.807, 2.05) is 0 Å². The number of aliphatic hydroxyl groups is 1. The molecule has 0 saturated carbocycles. The molecule has 0 bridgehead atoms. The molecular weight excluding hydrogens is 264 g/mol. The number of piperidine rings is 1. The van der Waals surface area contributed by atoms with Crippen molar-refractivity contribution in [2.45, 2.75) is 36.8 Å². The summed E-state index contributed by atoms with van der Waals surface area (Å²) in [5.41, 5.74) is 5.37. The number of rotatable bonds is 3. The molecule has 1 aromatic rings. The summed E-state index contributed by atoms with van der Waals surface area (Å²) in [5.74, 6) is 0. The van der Waals surface area contributed by atoms with Crippen LogP contribution in [-0.2, 0) is 16.6 Å². The lowest BCUT2D eigenvalue weighted by molar-refractivity contribution is 0.00940. The molecule has 0 amide bonds. The molecule has 5 nitrogen and oxygen atoms in total. The van der Waals surface area contributed by atoms with Gasteiger partial charge in [-0.3, -0.25) is 0 Å². The lowest BCUT2D eigenvalue weighted by Crippen LogP contribution is -2.48. The van der Waals surface area contributed by atoms with E-state index in [1.165, 1.54) is 4.31 Å². The van der Waals surface area contributed by atoms with Crippen molar-refractivity contribution in [1.82, 2.24) is 4.31 Å². The van der Waals surface area contributed by atoms with Gasteiger partial charge in [-0.15, -0.1) is 0 Å². The molecule has 1 aliphatic heterocycles. The second-order valence-corrected chi connectivity index (χ2v) is 7.23. The van der Waals surface area contributed by atoms with Crippen molar-refractivity contribution in [2.24, 2.45) is 5.73 Å². The lowest BCUT2D eigenvalue weighted by atomic mass is 9.97. The quantitative estimate of drug-likeness (QED) is 0.855. The highest BCUT2D eigenvalue weighted by molar-refractivity contribution is 7.89. The topological polar surface area (TPSA) is 83.6 Å². The first-order chi connectivity index (χ1) is 8.85. The maximum absolute atomic E-state index is 12.5. The SMILES string of the molecule is CC1(O)CCCN(S(=O)(=O)c2cccc(CN)c2)C1. The van der Waals surface area contributed by atoms with Gasteiger partial charge in [0.1, 0.15) is 0 Å². The summed E-state index contributed by atoms with van der Waals surface area (Å²) in [6.07, 6.45) is 1.30. The maximum Gasteiger partial charge on any atom is 0.243 e. The molecule has 3 N–H and O–H groups in total. The molecule has 1 aliphatic rings. The van der Waals surface area contributed by atoms with Crippen molar-refractivity contribution < 1.29 is 13.5 Å². The van der Waals surface area contributed by atoms with Gasteiger partial charge in [0, 0.05) is 19.6 Å². The largest absolute Gasteiger partial charge is 0.389 e. The Hall–Kier alpha value is -0.950. The predicted molar refractivity (Wildman–Crippen MR) is 73.0 cm³/mol. The van der Waals surface area contributed by atoms with Gasteiger partial charge >= 0.3 is 0 Å². The van der Waals surface area contributed by atoms with Crippen LogP contribution in [0.5, 0.6) is 0 Å². The van der Waals surface area contributed by atoms with Crippen molar-refractivity contribution >= 4 is 10.0 Å². The predicted octanol–water partition coefficient (Wildman–Crippen LogP) is 0.681. The standard InChI is InChI=1S/C13H20N2O3S/c1-13(16)6-3-7-15(10-13)19(17,18)12-5-2-4-11(8-12)9-14/h2,4-5,8,16H,3,6-7,9-10,14H2,1H3. The van der Waals surface area contributed by atoms with Crippen LogP contribution >= 0.6 is 0 Å². The van der Waals surface area contributed by atoms with Crippen LogP contribution in [0.2, 0.25) is 0 Å². The van der Waals surface area contributed by atoms with Crippen molar-refractivity contribution in [1.29, 1.82) is 0 Å². The summed E-state index contributed by atoms with van der Waals surface area (Å²) in [5, 5.41) is 10.0. The monoisotopic (exact) mass is 284 g/mol. The number of benzene rings is 1. The second-order valence-electron chi connectivity index (χ2n) is 5.29. The molecule has 6 heteroatoms. The minimum absolute atomic E-state index is 0.141. The summed E-state index contributed by atoms with van der Waals surface area (Å²) in [6.45, 7) is 2.57. The first-order valence-corrected chi connectivity index (χ1v) is 7.81. The van der Waals surface area contributed by atoms with Crippen molar-refractivity contribution in [3.05, 3.63) is 29.8 Å². The molecule has 106 valence electrons. The normalized spacial score (nSPS) is 25.4. The Kier molecular flexibility index (Phi) is 3.96. The Labute approximate surface area is 114 Å². The second kappa shape index (κ2) is 5.20. The average Bonchev–Trinajstić information content (AvgIpc) is 2.37. The van der Waals surface area contributed by atoms with Crippen LogP contribution in [0, 0.1) is 0 Å². The molecule has 1 unspecified atom stereocenters. The van der Waals surface area contributed by atoms with Gasteiger partial charge in [0.25, 0.3) is 0 Å². The van der Waals surface area contributed by atoms with Crippen molar-refractivity contribution in [3.8, 4) is 0 Å². The molecule has 0 aromatic heterocycles. The van der Waals surface area contributed by atoms with E-state index in [0.29, 0.717) is 25.9 Å². The molecule has 2 rings (SSSR count). The van der Waals surface area contributed by atoms with Crippen LogP contribution in [0.1, 0.15) is 25.3 Å². The smallest absolute Gasteiger partial charge is 0.243 e. The van der Waals surface area contributed by atoms with E-state index in [0.717, 1.165) is 5.56 Å². The Balaban J connectivity index is 2.31. The minimum atomic E-state index is -3.55. The molecule has 1 aromatic carbocycles. The van der Waals surface area contributed by atoms with Gasteiger partial charge in [-0.05, 0) is 37.5 Å². The third-order valence-corrected chi connectivity index (χ3v) is 5.25. The van der Waals surface area contributed by atoms with Crippen LogP contribution in [0.3, 0.4) is 0 Å². The van der Waals surface area contributed by atoms with Crippen LogP contribution in [0.4, 0.5) is 0 Å². The van der Waals surface area contributed by atoms with E-state index in [2.05, 4.69) is 0 Å². The van der Waals surface area contributed by atoms with Crippen LogP contribution in [0.15, 0.2) is 29.2 Å². The number of nitrogens with zero attached hydrogens (tertiary/aromatic N) is 1. The van der Waals surface area contributed by atoms with Gasteiger partial charge in [-0.25, -0.2) is 8.42 Å². The lowest BCUT2D eigenvalue weighted by Gasteiger charge is -2.35. The zero-order chi connectivity index (χ0) is 14.1. The summed E-state index contributed by atoms with van der Waals surface area (Å²) in [6, 6.07) is 6.65. The Morgan fingerprint density at radius 1 is 1.47 bits per heavy atom. The summed E-state index contributed by atoms with van der Waals surface area (Å²) in [7, 11) is -3.55. The van der Waals surface area contributed by atoms with E-state index < -0.39 is 15.6 Å². The molecule has 1 fully saturated rings. The summed E-state index contributed by atoms with van der Waals surface area (Å²) >= 11 is 0. The number of nitrogens with two attached hydrogens (primary N) is 1. The maximum atomic E-state index is 12.5. The summed E-state index contributed by atoms with van der Waals surface area (Å²) < 4.78 is 26.4. The summed E-state index contributed by atoms with van der Waals surface area (Å²) in [4.78, 5) is 0.244. The van der Waals surface area contributed by atoms with Gasteiger partial charge in [-0.2, -0.15) is 4.31 Å². The van der Waals surface area contributed by atoms with Gasteiger partial charge in [0.2, 0.25) is 10.0 Å². The Morgan fingerprint density at radius 3 is 2.84 bits per heavy atom. The zero-order valence-electron chi connectivity index (χ0n) is 11.0. The highest BCUT2D eigenvalue weighted by atomic mass is 32.2. The minimum Gasteiger partial charge on any atom is -0.389 e. The fourth-order valence-electron chi connectivity index (χ4n) is 2.36. The van der Waals surface area contributed by atoms with E-state index in [1.54, 1.807) is 31.2 Å². The Morgan fingerprint density at radius 2 is 2.21 bits per heavy atom. The highest BCUT2D eigenvalue weighted by Crippen LogP contribution is 2.26. The molecular formula is C13H20N2O3S. The molecule has 19 heavy (non-hydrogen) atoms. The highest BCUT2D eigenvalue weighted by Gasteiger charge is 2.35. The van der Waals surface area contributed by atoms with Gasteiger partial charge in [0.15, 0.2) is 0 Å². The molecule has 0 spiro atoms. The van der Waals surface area contributed by atoms with Crippen molar-refractivity contribution in [3.63, 3.8) is 0 Å². The third-order valence-electron chi connectivity index (χ3n) is 3.41. The van der Waals surface area contributed by atoms with E-state index in [-0.39, 0.29) is 11.4 Å². The van der Waals surface area contributed by atoms with Gasteiger partial charge < -0.3 is 10.8 Å². The van der Waals surface area contributed by atoms with Gasteiger partial charge in [-0.1, -0.05) is 12.1 Å². The van der Waals surface area contributed by atoms with Crippen LogP contribution in [-0.4, -0.2) is 36.5 Å². The first kappa shape index (κ1) is 14.5. The molecule has 1 heterocycles. The first-order valence-electron chi connectivity index (χ1n) is 6.37. The Bertz CT molecular complexity index is 555. The number of hydrogen-bond donors (Lipinski definition) is 2. The van der Waals surface area contributed by atoms with E-state index in [9.17, 15) is 13.5 Å². The van der Waals surface area contributed by atoms with Crippen molar-refractivity contribution in [2.75, 3.05) is 13.1 Å². The fraction of sp³-hybridized carbons (Fsp3) is 0.538. The molecule has 0 aliphatic carbocycles. The third kappa shape index (κ3) is 3.14. The fourth-order valence-corrected chi connectivity index (χ4v) is 4.03. The zero-order valence-corrected chi connectivity index (χ0v) is 11.9. The average molecular weight is 284 g/mol. The molecule has 1 saturated heterocycles. The number of β-amino-alcohol motifs (C(OH)–C–C–N with tert-alkyl or cyclic N) is 1. The van der Waals surface area contributed by atoms with E-state index >= 15 is 0 Å². The number of hydrogen-bond acceptors (Lipinski definition) is 4. The molecule has 0 radical (unpaired) electrons. The van der Waals surface area contributed by atoms with Crippen LogP contribution in [0.25, 0.3) is 0 Å². The van der Waals surface area contributed by atoms with Gasteiger partial charge in [0.05, 0.1) is 10.5 Å². The molecule has 1 atom stereocenters.